The second kappa shape index (κ2) is 4.39. The van der Waals surface area contributed by atoms with Crippen molar-refractivity contribution in [1.29, 1.82) is 0 Å². The first-order valence-electron chi connectivity index (χ1n) is 4.79. The van der Waals surface area contributed by atoms with Crippen molar-refractivity contribution in [1.82, 2.24) is 20.7 Å². The molecule has 2 aliphatic heterocycles. The van der Waals surface area contributed by atoms with E-state index in [0.29, 0.717) is 0 Å². The number of nitrogens with zero attached hydrogens (tertiary/aromatic N) is 2. The van der Waals surface area contributed by atoms with E-state index in [-0.39, 0.29) is 0 Å². The third-order valence-corrected chi connectivity index (χ3v) is 3.17. The second-order valence-corrected chi connectivity index (χ2v) is 4.77. The normalized spacial score (nSPS) is 23.4. The minimum atomic E-state index is 1.10. The van der Waals surface area contributed by atoms with Gasteiger partial charge >= 0.3 is 0 Å². The lowest BCUT2D eigenvalue weighted by Gasteiger charge is -2.36. The Morgan fingerprint density at radius 3 is 2.43 bits per heavy atom. The molecule has 0 bridgehead atoms. The quantitative estimate of drug-likeness (QED) is 0.544. The monoisotopic (exact) mass is 306 g/mol. The predicted molar refractivity (Wildman–Crippen MR) is 65.5 cm³/mol. The second-order valence-electron chi connectivity index (χ2n) is 3.61. The molecule has 0 spiro atoms. The van der Waals surface area contributed by atoms with Crippen molar-refractivity contribution < 1.29 is 0 Å². The first kappa shape index (κ1) is 10.1. The molecule has 0 aliphatic carbocycles. The fourth-order valence-corrected chi connectivity index (χ4v) is 1.91. The van der Waals surface area contributed by atoms with Gasteiger partial charge in [-0.3, -0.25) is 10.9 Å². The number of rotatable bonds is 1. The van der Waals surface area contributed by atoms with Crippen molar-refractivity contribution in [3.8, 4) is 0 Å². The number of hydrazine groups is 1. The van der Waals surface area contributed by atoms with E-state index in [4.69, 9.17) is 0 Å². The van der Waals surface area contributed by atoms with Gasteiger partial charge in [-0.15, -0.1) is 0 Å². The van der Waals surface area contributed by atoms with Crippen LogP contribution in [0.2, 0.25) is 0 Å². The first-order valence-corrected chi connectivity index (χ1v) is 5.86. The summed E-state index contributed by atoms with van der Waals surface area (Å²) in [6.45, 7) is 4.47. The third-order valence-electron chi connectivity index (χ3n) is 2.54. The van der Waals surface area contributed by atoms with Gasteiger partial charge < -0.3 is 9.80 Å². The molecule has 0 amide bonds. The summed E-state index contributed by atoms with van der Waals surface area (Å²) in [6, 6.07) is 0. The molecule has 2 rings (SSSR count). The van der Waals surface area contributed by atoms with E-state index >= 15 is 0 Å². The van der Waals surface area contributed by atoms with Gasteiger partial charge in [-0.1, -0.05) is 0 Å². The van der Waals surface area contributed by atoms with Gasteiger partial charge in [-0.05, 0) is 41.8 Å². The molecular weight excluding hydrogens is 291 g/mol. The SMILES string of the molecule is CN1CCN(C2=CC=C(I)NN2)CC1. The van der Waals surface area contributed by atoms with E-state index in [1.807, 2.05) is 0 Å². The van der Waals surface area contributed by atoms with Crippen LogP contribution >= 0.6 is 22.6 Å². The number of hydrogen-bond donors (Lipinski definition) is 2. The lowest BCUT2D eigenvalue weighted by atomic mass is 10.3. The summed E-state index contributed by atoms with van der Waals surface area (Å²) in [7, 11) is 2.17. The highest BCUT2D eigenvalue weighted by atomic mass is 127. The molecule has 1 fully saturated rings. The Morgan fingerprint density at radius 2 is 1.86 bits per heavy atom. The van der Waals surface area contributed by atoms with Crippen molar-refractivity contribution in [3.05, 3.63) is 21.7 Å². The Kier molecular flexibility index (Phi) is 3.17. The highest BCUT2D eigenvalue weighted by Crippen LogP contribution is 2.11. The Hall–Kier alpha value is -0.430. The van der Waals surface area contributed by atoms with Crippen molar-refractivity contribution in [2.24, 2.45) is 0 Å². The van der Waals surface area contributed by atoms with Gasteiger partial charge in [0.1, 0.15) is 5.82 Å². The van der Waals surface area contributed by atoms with E-state index in [1.54, 1.807) is 0 Å². The number of halogens is 1. The molecule has 1 saturated heterocycles. The molecule has 78 valence electrons. The Morgan fingerprint density at radius 1 is 1.14 bits per heavy atom. The van der Waals surface area contributed by atoms with Gasteiger partial charge in [-0.2, -0.15) is 0 Å². The molecule has 0 aromatic heterocycles. The summed E-state index contributed by atoms with van der Waals surface area (Å²) in [5.41, 5.74) is 6.31. The van der Waals surface area contributed by atoms with Crippen LogP contribution in [0.5, 0.6) is 0 Å². The molecule has 0 saturated carbocycles. The van der Waals surface area contributed by atoms with Gasteiger partial charge in [0.05, 0.1) is 3.70 Å². The van der Waals surface area contributed by atoms with E-state index in [0.717, 1.165) is 29.9 Å². The number of allylic oxidation sites excluding steroid dienone is 2. The van der Waals surface area contributed by atoms with E-state index in [2.05, 4.69) is 62.4 Å². The first-order chi connectivity index (χ1) is 6.75. The lowest BCUT2D eigenvalue weighted by Crippen LogP contribution is -2.48. The number of hydrogen-bond acceptors (Lipinski definition) is 4. The van der Waals surface area contributed by atoms with Crippen LogP contribution < -0.4 is 10.9 Å². The molecule has 4 nitrogen and oxygen atoms in total. The Balaban J connectivity index is 1.96. The highest BCUT2D eigenvalue weighted by molar-refractivity contribution is 14.1. The lowest BCUT2D eigenvalue weighted by molar-refractivity contribution is 0.175. The van der Waals surface area contributed by atoms with E-state index in [1.165, 1.54) is 5.82 Å². The minimum absolute atomic E-state index is 1.10. The van der Waals surface area contributed by atoms with Crippen LogP contribution in [0.25, 0.3) is 0 Å². The van der Waals surface area contributed by atoms with Crippen LogP contribution in [0.15, 0.2) is 21.7 Å². The molecule has 5 heteroatoms. The summed E-state index contributed by atoms with van der Waals surface area (Å²) in [5, 5.41) is 0. The van der Waals surface area contributed by atoms with Gasteiger partial charge in [0.25, 0.3) is 0 Å². The molecule has 0 atom stereocenters. The third kappa shape index (κ3) is 2.33. The summed E-state index contributed by atoms with van der Waals surface area (Å²) < 4.78 is 1.13. The van der Waals surface area contributed by atoms with E-state index < -0.39 is 0 Å². The van der Waals surface area contributed by atoms with E-state index in [9.17, 15) is 0 Å². The summed E-state index contributed by atoms with van der Waals surface area (Å²) >= 11 is 2.26. The maximum Gasteiger partial charge on any atom is 0.120 e. The smallest absolute Gasteiger partial charge is 0.120 e. The molecule has 14 heavy (non-hydrogen) atoms. The topological polar surface area (TPSA) is 30.5 Å². The zero-order valence-corrected chi connectivity index (χ0v) is 10.4. The molecule has 0 aromatic carbocycles. The van der Waals surface area contributed by atoms with Crippen LogP contribution in [-0.4, -0.2) is 43.0 Å². The molecule has 0 aromatic rings. The minimum Gasteiger partial charge on any atom is -0.355 e. The molecule has 2 heterocycles. The number of piperazine rings is 1. The summed E-state index contributed by atoms with van der Waals surface area (Å²) in [6.07, 6.45) is 4.22. The Labute approximate surface area is 98.1 Å². The molecular formula is C9H15IN4. The zero-order valence-electron chi connectivity index (χ0n) is 8.26. The van der Waals surface area contributed by atoms with Gasteiger partial charge in [-0.25, -0.2) is 0 Å². The van der Waals surface area contributed by atoms with Crippen LogP contribution in [0.1, 0.15) is 0 Å². The van der Waals surface area contributed by atoms with Crippen molar-refractivity contribution in [3.63, 3.8) is 0 Å². The fourth-order valence-electron chi connectivity index (χ4n) is 1.59. The largest absolute Gasteiger partial charge is 0.355 e. The summed E-state index contributed by atoms with van der Waals surface area (Å²) in [5.74, 6) is 1.18. The van der Waals surface area contributed by atoms with Crippen molar-refractivity contribution in [2.75, 3.05) is 33.2 Å². The standard InChI is InChI=1S/C9H15IN4/c1-13-4-6-14(7-5-13)9-3-2-8(10)11-12-9/h2-3,11-12H,4-7H2,1H3. The average molecular weight is 306 g/mol. The molecule has 0 radical (unpaired) electrons. The average Bonchev–Trinajstić information content (AvgIpc) is 2.21. The predicted octanol–water partition coefficient (Wildman–Crippen LogP) is 0.459. The molecule has 0 unspecified atom stereocenters. The number of nitrogens with one attached hydrogen (secondary N) is 2. The van der Waals surface area contributed by atoms with Gasteiger partial charge in [0.2, 0.25) is 0 Å². The van der Waals surface area contributed by atoms with Crippen LogP contribution in [-0.2, 0) is 0 Å². The molecule has 2 N–H and O–H groups in total. The van der Waals surface area contributed by atoms with Crippen molar-refractivity contribution in [2.45, 2.75) is 0 Å². The Bertz CT molecular complexity index is 266. The summed E-state index contributed by atoms with van der Waals surface area (Å²) in [4.78, 5) is 4.72. The van der Waals surface area contributed by atoms with Crippen LogP contribution in [0, 0.1) is 0 Å². The van der Waals surface area contributed by atoms with Crippen molar-refractivity contribution >= 4 is 22.6 Å². The number of likely N-dealkylation sites (N-methyl/N-ethyl adjacent to an activating group) is 1. The van der Waals surface area contributed by atoms with Gasteiger partial charge in [0, 0.05) is 26.2 Å². The maximum absolute atomic E-state index is 3.20. The molecule has 2 aliphatic rings. The van der Waals surface area contributed by atoms with Gasteiger partial charge in [0.15, 0.2) is 0 Å². The van der Waals surface area contributed by atoms with Crippen LogP contribution in [0.3, 0.4) is 0 Å². The zero-order chi connectivity index (χ0) is 9.97. The maximum atomic E-state index is 3.20. The highest BCUT2D eigenvalue weighted by Gasteiger charge is 2.16. The fraction of sp³-hybridized carbons (Fsp3) is 0.556. The van der Waals surface area contributed by atoms with Crippen LogP contribution in [0.4, 0.5) is 0 Å².